The van der Waals surface area contributed by atoms with E-state index in [-0.39, 0.29) is 42.3 Å². The highest BCUT2D eigenvalue weighted by atomic mass is 16.7. The molecule has 8 atom stereocenters. The van der Waals surface area contributed by atoms with Crippen LogP contribution in [-0.2, 0) is 52.3 Å². The SMILES string of the molecule is CC(=O)OCC1O[C@@H](O[C@H]2[C@H]3C[C@@H](O[C@@H]2COC(C)=O)c2ccc4c(c2N3)C(=O)c2ccc3cc(C)ccc3c2C4=O)C[C@@H](OC(C)=O)[C@H]1OC(C)=O. The van der Waals surface area contributed by atoms with Gasteiger partial charge in [0.1, 0.15) is 37.6 Å². The van der Waals surface area contributed by atoms with Gasteiger partial charge >= 0.3 is 23.9 Å². The zero-order valence-electron chi connectivity index (χ0n) is 29.8. The third kappa shape index (κ3) is 7.01. The van der Waals surface area contributed by atoms with Crippen molar-refractivity contribution < 1.29 is 61.9 Å². The Morgan fingerprint density at radius 3 is 2.06 bits per heavy atom. The van der Waals surface area contributed by atoms with Crippen LogP contribution in [0.15, 0.2) is 42.5 Å². The number of ketones is 2. The lowest BCUT2D eigenvalue weighted by Gasteiger charge is -2.48. The minimum absolute atomic E-state index is 0.0791. The summed E-state index contributed by atoms with van der Waals surface area (Å²) in [6, 6.07) is 12.2. The van der Waals surface area contributed by atoms with Crippen LogP contribution in [0.1, 0.15) is 89.6 Å². The van der Waals surface area contributed by atoms with Gasteiger partial charge in [-0.1, -0.05) is 35.9 Å². The van der Waals surface area contributed by atoms with Gasteiger partial charge in [-0.25, -0.2) is 0 Å². The molecule has 4 aliphatic rings. The molecule has 1 aliphatic carbocycles. The second-order valence-electron chi connectivity index (χ2n) is 13.7. The Morgan fingerprint density at radius 1 is 0.736 bits per heavy atom. The monoisotopic (exact) mass is 729 g/mol. The van der Waals surface area contributed by atoms with Crippen molar-refractivity contribution in [3.05, 3.63) is 75.8 Å². The molecule has 7 rings (SSSR count). The zero-order valence-corrected chi connectivity index (χ0v) is 29.8. The lowest BCUT2D eigenvalue weighted by molar-refractivity contribution is -0.295. The number of carbonyl (C=O) groups excluding carboxylic acids is 6. The van der Waals surface area contributed by atoms with Crippen LogP contribution >= 0.6 is 0 Å². The smallest absolute Gasteiger partial charge is 0.303 e. The van der Waals surface area contributed by atoms with Gasteiger partial charge in [-0.15, -0.1) is 0 Å². The van der Waals surface area contributed by atoms with E-state index in [4.69, 9.17) is 33.2 Å². The lowest BCUT2D eigenvalue weighted by Crippen LogP contribution is -2.59. The standard InChI is InChI=1S/C39H39NO13/c1-17-6-8-23-22(12-17)7-9-25-33(23)36(45)26-11-10-24-28-13-27(40-35(24)34(26)37(25)46)38(30(51-28)15-47-18(2)41)53-32-14-29(49-20(4)43)39(50-21(5)44)31(52-32)16-48-19(3)42/h6-12,27-32,38-40H,13-16H2,1-5H3/t27-,28-,29-,30-,31?,32+,38+,39-/m1/s1. The third-order valence-corrected chi connectivity index (χ3v) is 9.92. The summed E-state index contributed by atoms with van der Waals surface area (Å²) in [7, 11) is 0. The second-order valence-corrected chi connectivity index (χ2v) is 13.7. The Balaban J connectivity index is 1.22. The van der Waals surface area contributed by atoms with Crippen molar-refractivity contribution in [1.29, 1.82) is 0 Å². The summed E-state index contributed by atoms with van der Waals surface area (Å²) < 4.78 is 40.9. The van der Waals surface area contributed by atoms with E-state index in [9.17, 15) is 28.8 Å². The predicted molar refractivity (Wildman–Crippen MR) is 184 cm³/mol. The van der Waals surface area contributed by atoms with Crippen LogP contribution in [0.5, 0.6) is 0 Å². The molecule has 3 heterocycles. The molecule has 3 aromatic rings. The van der Waals surface area contributed by atoms with Gasteiger partial charge in [0.2, 0.25) is 0 Å². The maximum atomic E-state index is 14.3. The van der Waals surface area contributed by atoms with Crippen LogP contribution < -0.4 is 5.32 Å². The number of nitrogens with one attached hydrogen (secondary N) is 1. The van der Waals surface area contributed by atoms with E-state index in [1.54, 1.807) is 18.2 Å². The second kappa shape index (κ2) is 14.3. The molecule has 2 saturated heterocycles. The number of benzene rings is 3. The molecule has 1 N–H and O–H groups in total. The summed E-state index contributed by atoms with van der Waals surface area (Å²) in [5.74, 6) is -3.02. The number of ether oxygens (including phenoxy) is 7. The van der Waals surface area contributed by atoms with E-state index in [0.29, 0.717) is 34.2 Å². The highest BCUT2D eigenvalue weighted by Gasteiger charge is 2.50. The molecule has 0 radical (unpaired) electrons. The summed E-state index contributed by atoms with van der Waals surface area (Å²) in [4.78, 5) is 76.3. The molecule has 3 aromatic carbocycles. The fraction of sp³-hybridized carbons (Fsp3) is 0.436. The molecular formula is C39H39NO13. The molecule has 2 bridgehead atoms. The van der Waals surface area contributed by atoms with Crippen molar-refractivity contribution in [3.8, 4) is 0 Å². The maximum Gasteiger partial charge on any atom is 0.303 e. The Hall–Kier alpha value is -5.18. The Bertz CT molecular complexity index is 2040. The largest absolute Gasteiger partial charge is 0.463 e. The quantitative estimate of drug-likeness (QED) is 0.203. The minimum atomic E-state index is -1.11. The molecule has 0 amide bonds. The van der Waals surface area contributed by atoms with Gasteiger partial charge in [0, 0.05) is 62.8 Å². The van der Waals surface area contributed by atoms with Crippen molar-refractivity contribution in [2.45, 2.75) is 96.4 Å². The highest BCUT2D eigenvalue weighted by molar-refractivity contribution is 6.33. The fourth-order valence-corrected chi connectivity index (χ4v) is 7.79. The number of hydrogen-bond acceptors (Lipinski definition) is 14. The highest BCUT2D eigenvalue weighted by Crippen LogP contribution is 2.47. The molecule has 3 aliphatic heterocycles. The molecule has 0 spiro atoms. The zero-order chi connectivity index (χ0) is 37.7. The van der Waals surface area contributed by atoms with Gasteiger partial charge in [0.05, 0.1) is 23.4 Å². The molecule has 0 saturated carbocycles. The first-order valence-electron chi connectivity index (χ1n) is 17.4. The number of fused-ring (bicyclic) bond motifs is 9. The first kappa shape index (κ1) is 36.2. The van der Waals surface area contributed by atoms with E-state index in [0.717, 1.165) is 10.9 Å². The van der Waals surface area contributed by atoms with Crippen LogP contribution in [0.25, 0.3) is 10.8 Å². The van der Waals surface area contributed by atoms with E-state index >= 15 is 0 Å². The maximum absolute atomic E-state index is 14.3. The van der Waals surface area contributed by atoms with E-state index in [1.807, 2.05) is 31.2 Å². The van der Waals surface area contributed by atoms with Crippen molar-refractivity contribution in [2.24, 2.45) is 0 Å². The summed E-state index contributed by atoms with van der Waals surface area (Å²) in [5.41, 5.74) is 3.31. The topological polar surface area (TPSA) is 179 Å². The van der Waals surface area contributed by atoms with Crippen LogP contribution in [0.4, 0.5) is 5.69 Å². The average molecular weight is 730 g/mol. The number of anilines is 1. The van der Waals surface area contributed by atoms with Crippen molar-refractivity contribution in [3.63, 3.8) is 0 Å². The van der Waals surface area contributed by atoms with E-state index in [2.05, 4.69) is 5.32 Å². The number of hydrogen-bond donors (Lipinski definition) is 1. The van der Waals surface area contributed by atoms with Crippen molar-refractivity contribution in [2.75, 3.05) is 18.5 Å². The van der Waals surface area contributed by atoms with Gasteiger partial charge < -0.3 is 38.5 Å². The summed E-state index contributed by atoms with van der Waals surface area (Å²) in [5, 5.41) is 5.04. The molecule has 14 nitrogen and oxygen atoms in total. The number of aryl methyl sites for hydroxylation is 1. The lowest BCUT2D eigenvalue weighted by atomic mass is 9.77. The number of carbonyl (C=O) groups is 6. The third-order valence-electron chi connectivity index (χ3n) is 9.92. The molecule has 14 heteroatoms. The first-order valence-corrected chi connectivity index (χ1v) is 17.4. The van der Waals surface area contributed by atoms with Crippen LogP contribution in [-0.4, -0.2) is 91.5 Å². The Labute approximate surface area is 304 Å². The van der Waals surface area contributed by atoms with Gasteiger partial charge in [-0.05, 0) is 29.8 Å². The molecule has 2 fully saturated rings. The molecule has 278 valence electrons. The molecule has 0 aromatic heterocycles. The fourth-order valence-electron chi connectivity index (χ4n) is 7.79. The molecule has 53 heavy (non-hydrogen) atoms. The van der Waals surface area contributed by atoms with Gasteiger partial charge in [-0.3, -0.25) is 28.8 Å². The van der Waals surface area contributed by atoms with E-state index in [1.165, 1.54) is 27.7 Å². The van der Waals surface area contributed by atoms with Crippen molar-refractivity contribution >= 4 is 51.9 Å². The number of esters is 4. The van der Waals surface area contributed by atoms with Gasteiger partial charge in [0.15, 0.2) is 24.0 Å². The summed E-state index contributed by atoms with van der Waals surface area (Å²) >= 11 is 0. The Morgan fingerprint density at radius 2 is 1.38 bits per heavy atom. The predicted octanol–water partition coefficient (Wildman–Crippen LogP) is 4.04. The van der Waals surface area contributed by atoms with Gasteiger partial charge in [-0.2, -0.15) is 0 Å². The van der Waals surface area contributed by atoms with Crippen LogP contribution in [0, 0.1) is 6.92 Å². The summed E-state index contributed by atoms with van der Waals surface area (Å²) in [6.45, 7) is 6.33. The van der Waals surface area contributed by atoms with Crippen LogP contribution in [0.2, 0.25) is 0 Å². The molecule has 1 unspecified atom stereocenters. The van der Waals surface area contributed by atoms with Crippen LogP contribution in [0.3, 0.4) is 0 Å². The minimum Gasteiger partial charge on any atom is -0.463 e. The molecular weight excluding hydrogens is 690 g/mol. The normalized spacial score (nSPS) is 27.0. The summed E-state index contributed by atoms with van der Waals surface area (Å²) in [6.07, 6.45) is -6.31. The van der Waals surface area contributed by atoms with E-state index < -0.39 is 72.8 Å². The Kier molecular flexibility index (Phi) is 9.79. The first-order chi connectivity index (χ1) is 25.3. The van der Waals surface area contributed by atoms with Gasteiger partial charge in [0.25, 0.3) is 0 Å². The van der Waals surface area contributed by atoms with Crippen molar-refractivity contribution in [1.82, 2.24) is 0 Å². The average Bonchev–Trinajstić information content (AvgIpc) is 3.09. The number of rotatable bonds is 8.